The van der Waals surface area contributed by atoms with Crippen molar-refractivity contribution < 1.29 is 9.18 Å². The van der Waals surface area contributed by atoms with Crippen LogP contribution in [-0.4, -0.2) is 34.9 Å². The van der Waals surface area contributed by atoms with Crippen LogP contribution in [0.4, 0.5) is 10.1 Å². The molecule has 1 aliphatic heterocycles. The molecular weight excluding hydrogens is 305 g/mol. The van der Waals surface area contributed by atoms with Gasteiger partial charge in [0.15, 0.2) is 0 Å². The van der Waals surface area contributed by atoms with Gasteiger partial charge < -0.3 is 10.2 Å². The molecule has 24 heavy (non-hydrogen) atoms. The molecule has 0 radical (unpaired) electrons. The van der Waals surface area contributed by atoms with E-state index in [2.05, 4.69) is 10.3 Å². The van der Waals surface area contributed by atoms with Gasteiger partial charge in [0.05, 0.1) is 5.69 Å². The SMILES string of the molecule is O=C(/C=C/c1ccccn1)N1CCC(Nc2ccc(F)cc2)CC1. The van der Waals surface area contributed by atoms with E-state index in [-0.39, 0.29) is 11.7 Å². The fourth-order valence-electron chi connectivity index (χ4n) is 2.76. The van der Waals surface area contributed by atoms with E-state index in [0.717, 1.165) is 24.2 Å². The summed E-state index contributed by atoms with van der Waals surface area (Å²) in [6.45, 7) is 1.43. The molecule has 0 aliphatic carbocycles. The molecule has 1 aliphatic rings. The number of amides is 1. The summed E-state index contributed by atoms with van der Waals surface area (Å²) in [6, 6.07) is 12.3. The van der Waals surface area contributed by atoms with Crippen molar-refractivity contribution in [2.75, 3.05) is 18.4 Å². The van der Waals surface area contributed by atoms with Gasteiger partial charge in [0.1, 0.15) is 5.82 Å². The number of anilines is 1. The topological polar surface area (TPSA) is 45.2 Å². The number of hydrogen-bond acceptors (Lipinski definition) is 3. The molecule has 0 saturated carbocycles. The Morgan fingerprint density at radius 1 is 1.17 bits per heavy atom. The lowest BCUT2D eigenvalue weighted by atomic mass is 10.0. The third-order valence-corrected chi connectivity index (χ3v) is 4.11. The van der Waals surface area contributed by atoms with Crippen LogP contribution in [0.5, 0.6) is 0 Å². The van der Waals surface area contributed by atoms with Crippen LogP contribution in [0.3, 0.4) is 0 Å². The number of hydrogen-bond donors (Lipinski definition) is 1. The summed E-state index contributed by atoms with van der Waals surface area (Å²) in [5.74, 6) is -0.221. The Hall–Kier alpha value is -2.69. The maximum absolute atomic E-state index is 12.9. The van der Waals surface area contributed by atoms with Gasteiger partial charge in [0.2, 0.25) is 5.91 Å². The van der Waals surface area contributed by atoms with Gasteiger partial charge in [-0.1, -0.05) is 6.07 Å². The summed E-state index contributed by atoms with van der Waals surface area (Å²) in [5.41, 5.74) is 1.69. The standard InChI is InChI=1S/C19H20FN3O/c20-15-4-6-17(7-5-15)22-18-10-13-23(14-11-18)19(24)9-8-16-3-1-2-12-21-16/h1-9,12,18,22H,10-11,13-14H2/b9-8+. The fourth-order valence-corrected chi connectivity index (χ4v) is 2.76. The van der Waals surface area contributed by atoms with Crippen LogP contribution < -0.4 is 5.32 Å². The van der Waals surface area contributed by atoms with E-state index in [9.17, 15) is 9.18 Å². The monoisotopic (exact) mass is 325 g/mol. The van der Waals surface area contributed by atoms with E-state index in [1.807, 2.05) is 23.1 Å². The van der Waals surface area contributed by atoms with Gasteiger partial charge in [-0.3, -0.25) is 9.78 Å². The lowest BCUT2D eigenvalue weighted by molar-refractivity contribution is -0.126. The zero-order chi connectivity index (χ0) is 16.8. The number of carbonyl (C=O) groups excluding carboxylic acids is 1. The van der Waals surface area contributed by atoms with E-state index in [1.54, 1.807) is 30.5 Å². The van der Waals surface area contributed by atoms with E-state index >= 15 is 0 Å². The summed E-state index contributed by atoms with van der Waals surface area (Å²) in [4.78, 5) is 18.2. The number of rotatable bonds is 4. The lowest BCUT2D eigenvalue weighted by Gasteiger charge is -2.32. The Bertz CT molecular complexity index is 692. The Kier molecular flexibility index (Phi) is 5.21. The highest BCUT2D eigenvalue weighted by molar-refractivity contribution is 5.91. The Morgan fingerprint density at radius 3 is 2.58 bits per heavy atom. The lowest BCUT2D eigenvalue weighted by Crippen LogP contribution is -2.41. The number of aromatic nitrogens is 1. The summed E-state index contributed by atoms with van der Waals surface area (Å²) in [5, 5.41) is 3.39. The molecule has 0 atom stereocenters. The highest BCUT2D eigenvalue weighted by Gasteiger charge is 2.21. The number of likely N-dealkylation sites (tertiary alicyclic amines) is 1. The van der Waals surface area contributed by atoms with Crippen molar-refractivity contribution in [2.45, 2.75) is 18.9 Å². The molecule has 5 heteroatoms. The number of nitrogens with zero attached hydrogens (tertiary/aromatic N) is 2. The number of pyridine rings is 1. The quantitative estimate of drug-likeness (QED) is 0.877. The van der Waals surface area contributed by atoms with Gasteiger partial charge >= 0.3 is 0 Å². The molecule has 0 bridgehead atoms. The van der Waals surface area contributed by atoms with Crippen molar-refractivity contribution in [3.8, 4) is 0 Å². The molecule has 2 aromatic rings. The molecule has 1 aromatic carbocycles. The van der Waals surface area contributed by atoms with E-state index in [1.165, 1.54) is 12.1 Å². The van der Waals surface area contributed by atoms with Crippen LogP contribution in [0.2, 0.25) is 0 Å². The third kappa shape index (κ3) is 4.41. The van der Waals surface area contributed by atoms with Gasteiger partial charge in [0.25, 0.3) is 0 Å². The van der Waals surface area contributed by atoms with Crippen molar-refractivity contribution in [2.24, 2.45) is 0 Å². The van der Waals surface area contributed by atoms with E-state index < -0.39 is 0 Å². The average Bonchev–Trinajstić information content (AvgIpc) is 2.63. The highest BCUT2D eigenvalue weighted by Crippen LogP contribution is 2.17. The average molecular weight is 325 g/mol. The molecule has 3 rings (SSSR count). The van der Waals surface area contributed by atoms with Gasteiger partial charge in [-0.15, -0.1) is 0 Å². The Labute approximate surface area is 141 Å². The summed E-state index contributed by atoms with van der Waals surface area (Å²) < 4.78 is 12.9. The third-order valence-electron chi connectivity index (χ3n) is 4.11. The van der Waals surface area contributed by atoms with Crippen molar-refractivity contribution in [3.05, 3.63) is 66.2 Å². The first-order valence-corrected chi connectivity index (χ1v) is 8.11. The second kappa shape index (κ2) is 7.73. The van der Waals surface area contributed by atoms with Gasteiger partial charge in [-0.25, -0.2) is 4.39 Å². The molecule has 0 spiro atoms. The predicted octanol–water partition coefficient (Wildman–Crippen LogP) is 3.34. The number of benzene rings is 1. The maximum atomic E-state index is 12.9. The van der Waals surface area contributed by atoms with Crippen molar-refractivity contribution >= 4 is 17.7 Å². The second-order valence-electron chi connectivity index (χ2n) is 5.84. The first-order valence-electron chi connectivity index (χ1n) is 8.11. The molecule has 2 heterocycles. The number of halogens is 1. The molecule has 1 aromatic heterocycles. The zero-order valence-corrected chi connectivity index (χ0v) is 13.4. The largest absolute Gasteiger partial charge is 0.382 e. The summed E-state index contributed by atoms with van der Waals surface area (Å²) in [6.07, 6.45) is 6.78. The smallest absolute Gasteiger partial charge is 0.246 e. The number of carbonyl (C=O) groups is 1. The van der Waals surface area contributed by atoms with Crippen molar-refractivity contribution in [1.29, 1.82) is 0 Å². The molecule has 4 nitrogen and oxygen atoms in total. The van der Waals surface area contributed by atoms with E-state index in [0.29, 0.717) is 19.1 Å². The van der Waals surface area contributed by atoms with Crippen molar-refractivity contribution in [3.63, 3.8) is 0 Å². The first-order chi connectivity index (χ1) is 11.7. The van der Waals surface area contributed by atoms with Crippen LogP contribution in [0, 0.1) is 5.82 Å². The maximum Gasteiger partial charge on any atom is 0.246 e. The highest BCUT2D eigenvalue weighted by atomic mass is 19.1. The molecule has 1 saturated heterocycles. The zero-order valence-electron chi connectivity index (χ0n) is 13.4. The molecule has 0 unspecified atom stereocenters. The van der Waals surface area contributed by atoms with Crippen molar-refractivity contribution in [1.82, 2.24) is 9.88 Å². The first kappa shape index (κ1) is 16.2. The van der Waals surface area contributed by atoms with Gasteiger partial charge in [-0.2, -0.15) is 0 Å². The van der Waals surface area contributed by atoms with Crippen LogP contribution in [0.1, 0.15) is 18.5 Å². The minimum absolute atomic E-state index is 0.0147. The Balaban J connectivity index is 1.48. The minimum atomic E-state index is -0.236. The number of nitrogens with one attached hydrogen (secondary N) is 1. The number of piperidine rings is 1. The Morgan fingerprint density at radius 2 is 1.92 bits per heavy atom. The van der Waals surface area contributed by atoms with Crippen LogP contribution in [-0.2, 0) is 4.79 Å². The molecule has 124 valence electrons. The normalized spacial score (nSPS) is 15.6. The molecular formula is C19H20FN3O. The predicted molar refractivity (Wildman–Crippen MR) is 92.9 cm³/mol. The van der Waals surface area contributed by atoms with E-state index in [4.69, 9.17) is 0 Å². The second-order valence-corrected chi connectivity index (χ2v) is 5.84. The summed E-state index contributed by atoms with van der Waals surface area (Å²) >= 11 is 0. The molecule has 1 amide bonds. The van der Waals surface area contributed by atoms with Crippen LogP contribution >= 0.6 is 0 Å². The van der Waals surface area contributed by atoms with Crippen LogP contribution in [0.25, 0.3) is 6.08 Å². The molecule has 1 N–H and O–H groups in total. The van der Waals surface area contributed by atoms with Crippen LogP contribution in [0.15, 0.2) is 54.7 Å². The fraction of sp³-hybridized carbons (Fsp3) is 0.263. The van der Waals surface area contributed by atoms with Gasteiger partial charge in [0, 0.05) is 37.1 Å². The van der Waals surface area contributed by atoms with Gasteiger partial charge in [-0.05, 0) is 55.3 Å². The summed E-state index contributed by atoms with van der Waals surface area (Å²) in [7, 11) is 0. The minimum Gasteiger partial charge on any atom is -0.382 e. The molecule has 1 fully saturated rings.